The van der Waals surface area contributed by atoms with E-state index in [2.05, 4.69) is 27.2 Å². The van der Waals surface area contributed by atoms with E-state index >= 15 is 0 Å². The highest BCUT2D eigenvalue weighted by atomic mass is 16.5. The predicted octanol–water partition coefficient (Wildman–Crippen LogP) is 3.48. The van der Waals surface area contributed by atoms with Crippen molar-refractivity contribution in [3.8, 4) is 11.1 Å². The number of hydrogen-bond acceptors (Lipinski definition) is 5. The molecule has 0 aliphatic heterocycles. The number of fused-ring (bicyclic) bond motifs is 1. The van der Waals surface area contributed by atoms with Gasteiger partial charge in [-0.3, -0.25) is 4.79 Å². The average molecular weight is 348 g/mol. The Labute approximate surface area is 151 Å². The highest BCUT2D eigenvalue weighted by molar-refractivity contribution is 5.99. The van der Waals surface area contributed by atoms with Crippen LogP contribution >= 0.6 is 0 Å². The van der Waals surface area contributed by atoms with Crippen molar-refractivity contribution in [2.45, 2.75) is 0 Å². The molecule has 0 saturated heterocycles. The molecule has 6 heteroatoms. The molecule has 1 heterocycles. The Kier molecular flexibility index (Phi) is 5.56. The van der Waals surface area contributed by atoms with E-state index in [1.54, 1.807) is 13.3 Å². The Morgan fingerprint density at radius 2 is 2.08 bits per heavy atom. The molecule has 3 aromatic rings. The smallest absolute Gasteiger partial charge is 0.247 e. The molecule has 0 atom stereocenters. The summed E-state index contributed by atoms with van der Waals surface area (Å²) in [5.74, 6) is 0.332. The third-order valence-corrected chi connectivity index (χ3v) is 3.82. The van der Waals surface area contributed by atoms with Gasteiger partial charge in [0.15, 0.2) is 0 Å². The molecule has 0 saturated carbocycles. The van der Waals surface area contributed by atoms with Gasteiger partial charge in [-0.1, -0.05) is 30.8 Å². The summed E-state index contributed by atoms with van der Waals surface area (Å²) < 4.78 is 5.02. The first-order chi connectivity index (χ1) is 12.7. The lowest BCUT2D eigenvalue weighted by atomic mass is 10.0. The normalized spacial score (nSPS) is 10.5. The van der Waals surface area contributed by atoms with Crippen molar-refractivity contribution in [1.82, 2.24) is 9.97 Å². The Balaban J connectivity index is 1.89. The summed E-state index contributed by atoms with van der Waals surface area (Å²) in [4.78, 5) is 20.3. The molecule has 2 aromatic carbocycles. The van der Waals surface area contributed by atoms with Crippen molar-refractivity contribution >= 4 is 28.4 Å². The standard InChI is InChI=1S/C20H20N4O2/c1-3-19(25)23-17-6-4-5-14(11-17)15-7-8-16-13-22-20(21-9-10-26-2)24-18(16)12-15/h3-8,11-13H,1,9-10H2,2H3,(H,23,25)(H,21,22,24). The number of carbonyl (C=O) groups excluding carboxylic acids is 1. The van der Waals surface area contributed by atoms with Gasteiger partial charge < -0.3 is 15.4 Å². The molecule has 1 amide bonds. The van der Waals surface area contributed by atoms with E-state index in [1.165, 1.54) is 6.08 Å². The number of methoxy groups -OCH3 is 1. The van der Waals surface area contributed by atoms with E-state index in [0.29, 0.717) is 19.1 Å². The van der Waals surface area contributed by atoms with Gasteiger partial charge >= 0.3 is 0 Å². The van der Waals surface area contributed by atoms with Crippen LogP contribution in [0.3, 0.4) is 0 Å². The number of ether oxygens (including phenoxy) is 1. The maximum absolute atomic E-state index is 11.5. The second kappa shape index (κ2) is 8.22. The average Bonchev–Trinajstić information content (AvgIpc) is 2.67. The molecule has 6 nitrogen and oxygen atoms in total. The van der Waals surface area contributed by atoms with Crippen LogP contribution in [0.15, 0.2) is 61.3 Å². The van der Waals surface area contributed by atoms with E-state index in [0.717, 1.165) is 27.7 Å². The molecule has 2 N–H and O–H groups in total. The van der Waals surface area contributed by atoms with Crippen molar-refractivity contribution in [1.29, 1.82) is 0 Å². The number of hydrogen-bond donors (Lipinski definition) is 2. The second-order valence-electron chi connectivity index (χ2n) is 5.66. The van der Waals surface area contributed by atoms with Crippen LogP contribution in [-0.4, -0.2) is 36.1 Å². The van der Waals surface area contributed by atoms with Crippen LogP contribution in [-0.2, 0) is 9.53 Å². The van der Waals surface area contributed by atoms with Gasteiger partial charge in [0.05, 0.1) is 12.1 Å². The summed E-state index contributed by atoms with van der Waals surface area (Å²) in [5, 5.41) is 6.86. The molecule has 0 radical (unpaired) electrons. The Morgan fingerprint density at radius 1 is 1.23 bits per heavy atom. The molecule has 1 aromatic heterocycles. The summed E-state index contributed by atoms with van der Waals surface area (Å²) in [7, 11) is 1.65. The molecule has 0 bridgehead atoms. The Hall–Kier alpha value is -3.25. The van der Waals surface area contributed by atoms with Crippen LogP contribution in [0.4, 0.5) is 11.6 Å². The first kappa shape index (κ1) is 17.6. The van der Waals surface area contributed by atoms with Gasteiger partial charge in [-0.25, -0.2) is 9.97 Å². The number of amides is 1. The first-order valence-electron chi connectivity index (χ1n) is 8.23. The number of rotatable bonds is 7. The molecule has 0 spiro atoms. The molecule has 0 unspecified atom stereocenters. The van der Waals surface area contributed by atoms with Crippen LogP contribution in [0, 0.1) is 0 Å². The maximum atomic E-state index is 11.5. The quantitative estimate of drug-likeness (QED) is 0.505. The van der Waals surface area contributed by atoms with E-state index in [1.807, 2.05) is 42.5 Å². The molecule has 26 heavy (non-hydrogen) atoms. The molecular formula is C20H20N4O2. The number of carbonyl (C=O) groups is 1. The topological polar surface area (TPSA) is 76.1 Å². The van der Waals surface area contributed by atoms with E-state index in [9.17, 15) is 4.79 Å². The van der Waals surface area contributed by atoms with Gasteiger partial charge in [0.2, 0.25) is 11.9 Å². The number of nitrogens with one attached hydrogen (secondary N) is 2. The van der Waals surface area contributed by atoms with Crippen molar-refractivity contribution in [2.24, 2.45) is 0 Å². The lowest BCUT2D eigenvalue weighted by molar-refractivity contribution is -0.111. The minimum atomic E-state index is -0.236. The Bertz CT molecular complexity index is 940. The zero-order valence-electron chi connectivity index (χ0n) is 14.5. The van der Waals surface area contributed by atoms with Gasteiger partial charge in [0.25, 0.3) is 0 Å². The molecule has 132 valence electrons. The summed E-state index contributed by atoms with van der Waals surface area (Å²) in [5.41, 5.74) is 3.56. The number of anilines is 2. The zero-order chi connectivity index (χ0) is 18.4. The van der Waals surface area contributed by atoms with Crippen LogP contribution in [0.5, 0.6) is 0 Å². The summed E-state index contributed by atoms with van der Waals surface area (Å²) in [6, 6.07) is 13.6. The van der Waals surface area contributed by atoms with E-state index in [-0.39, 0.29) is 5.91 Å². The van der Waals surface area contributed by atoms with Gasteiger partial charge in [-0.2, -0.15) is 0 Å². The van der Waals surface area contributed by atoms with Crippen molar-refractivity contribution in [3.63, 3.8) is 0 Å². The lowest BCUT2D eigenvalue weighted by Crippen LogP contribution is -2.10. The minimum Gasteiger partial charge on any atom is -0.383 e. The van der Waals surface area contributed by atoms with Gasteiger partial charge in [0.1, 0.15) is 0 Å². The van der Waals surface area contributed by atoms with Crippen LogP contribution in [0.25, 0.3) is 22.0 Å². The molecular weight excluding hydrogens is 328 g/mol. The van der Waals surface area contributed by atoms with Crippen molar-refractivity contribution in [3.05, 3.63) is 61.3 Å². The SMILES string of the molecule is C=CC(=O)Nc1cccc(-c2ccc3cnc(NCCOC)nc3c2)c1. The minimum absolute atomic E-state index is 0.236. The fraction of sp³-hybridized carbons (Fsp3) is 0.150. The highest BCUT2D eigenvalue weighted by Crippen LogP contribution is 2.26. The fourth-order valence-corrected chi connectivity index (χ4v) is 2.52. The van der Waals surface area contributed by atoms with E-state index in [4.69, 9.17) is 4.74 Å². The van der Waals surface area contributed by atoms with Crippen molar-refractivity contribution in [2.75, 3.05) is 30.9 Å². The maximum Gasteiger partial charge on any atom is 0.247 e. The van der Waals surface area contributed by atoms with Gasteiger partial charge in [-0.05, 0) is 35.4 Å². The Morgan fingerprint density at radius 3 is 2.88 bits per heavy atom. The van der Waals surface area contributed by atoms with Crippen LogP contribution < -0.4 is 10.6 Å². The van der Waals surface area contributed by atoms with Crippen molar-refractivity contribution < 1.29 is 9.53 Å². The fourth-order valence-electron chi connectivity index (χ4n) is 2.52. The largest absolute Gasteiger partial charge is 0.383 e. The summed E-state index contributed by atoms with van der Waals surface area (Å²) >= 11 is 0. The van der Waals surface area contributed by atoms with Gasteiger partial charge in [0, 0.05) is 30.9 Å². The summed E-state index contributed by atoms with van der Waals surface area (Å²) in [6.07, 6.45) is 3.04. The van der Waals surface area contributed by atoms with Crippen LogP contribution in [0.1, 0.15) is 0 Å². The predicted molar refractivity (Wildman–Crippen MR) is 104 cm³/mol. The van der Waals surface area contributed by atoms with Crippen LogP contribution in [0.2, 0.25) is 0 Å². The molecule has 0 aliphatic carbocycles. The third kappa shape index (κ3) is 4.23. The monoisotopic (exact) mass is 348 g/mol. The molecule has 0 fully saturated rings. The second-order valence-corrected chi connectivity index (χ2v) is 5.66. The summed E-state index contributed by atoms with van der Waals surface area (Å²) in [6.45, 7) is 4.70. The number of benzene rings is 2. The number of aromatic nitrogens is 2. The molecule has 3 rings (SSSR count). The molecule has 0 aliphatic rings. The first-order valence-corrected chi connectivity index (χ1v) is 8.23. The van der Waals surface area contributed by atoms with E-state index < -0.39 is 0 Å². The lowest BCUT2D eigenvalue weighted by Gasteiger charge is -2.08. The third-order valence-electron chi connectivity index (χ3n) is 3.82. The zero-order valence-corrected chi connectivity index (χ0v) is 14.5. The highest BCUT2D eigenvalue weighted by Gasteiger charge is 2.05. The number of nitrogens with zero attached hydrogens (tertiary/aromatic N) is 2. The van der Waals surface area contributed by atoms with Gasteiger partial charge in [-0.15, -0.1) is 0 Å².